The number of thiocarbonyl (C=S) groups is 1. The first kappa shape index (κ1) is 13.8. The third-order valence-electron chi connectivity index (χ3n) is 2.48. The number of hydrazine groups is 1. The summed E-state index contributed by atoms with van der Waals surface area (Å²) in [6.07, 6.45) is 0. The van der Waals surface area contributed by atoms with Crippen LogP contribution in [0.25, 0.3) is 0 Å². The van der Waals surface area contributed by atoms with Gasteiger partial charge in [-0.2, -0.15) is 10.4 Å². The summed E-state index contributed by atoms with van der Waals surface area (Å²) in [4.78, 5) is 11.5. The van der Waals surface area contributed by atoms with E-state index in [0.717, 1.165) is 11.4 Å². The molecule has 0 aliphatic carbocycles. The quantitative estimate of drug-likeness (QED) is 0.710. The summed E-state index contributed by atoms with van der Waals surface area (Å²) in [5.41, 5.74) is 7.18. The Morgan fingerprint density at radius 1 is 1.50 bits per heavy atom. The Kier molecular flexibility index (Phi) is 4.12. The van der Waals surface area contributed by atoms with E-state index in [2.05, 4.69) is 21.3 Å². The van der Waals surface area contributed by atoms with Crippen molar-refractivity contribution in [3.05, 3.63) is 29.8 Å². The van der Waals surface area contributed by atoms with Gasteiger partial charge in [0.25, 0.3) is 0 Å². The summed E-state index contributed by atoms with van der Waals surface area (Å²) in [6.45, 7) is 2.15. The first-order chi connectivity index (χ1) is 9.58. The molecule has 3 N–H and O–H groups in total. The standard InChI is InChI=1S/C12H12N6OS/c1-8-7-18(12(19)16-15-8)17-11(20)14-10-4-2-9(6-13)3-5-10/h2-5H,7H2,1H3,(H,16,19)(H2,14,17,20). The van der Waals surface area contributed by atoms with Gasteiger partial charge in [0.15, 0.2) is 5.11 Å². The van der Waals surface area contributed by atoms with Crippen LogP contribution >= 0.6 is 12.2 Å². The van der Waals surface area contributed by atoms with E-state index in [1.165, 1.54) is 5.01 Å². The maximum absolute atomic E-state index is 11.5. The van der Waals surface area contributed by atoms with E-state index in [1.807, 2.05) is 6.07 Å². The third kappa shape index (κ3) is 3.43. The summed E-state index contributed by atoms with van der Waals surface area (Å²) >= 11 is 5.12. The molecule has 2 rings (SSSR count). The lowest BCUT2D eigenvalue weighted by atomic mass is 10.2. The number of hydrogen-bond donors (Lipinski definition) is 3. The molecule has 0 radical (unpaired) electrons. The number of hydrogen-bond acceptors (Lipinski definition) is 4. The molecule has 102 valence electrons. The van der Waals surface area contributed by atoms with Crippen LogP contribution in [0.4, 0.5) is 10.5 Å². The zero-order chi connectivity index (χ0) is 14.5. The Bertz CT molecular complexity index is 603. The van der Waals surface area contributed by atoms with E-state index >= 15 is 0 Å². The number of nitrogens with one attached hydrogen (secondary N) is 3. The fourth-order valence-corrected chi connectivity index (χ4v) is 1.77. The summed E-state index contributed by atoms with van der Waals surface area (Å²) in [5, 5.41) is 17.0. The highest BCUT2D eigenvalue weighted by Crippen LogP contribution is 2.08. The van der Waals surface area contributed by atoms with Gasteiger partial charge < -0.3 is 5.32 Å². The molecule has 1 heterocycles. The summed E-state index contributed by atoms with van der Waals surface area (Å²) < 4.78 is 0. The van der Waals surface area contributed by atoms with E-state index in [-0.39, 0.29) is 11.1 Å². The van der Waals surface area contributed by atoms with Crippen molar-refractivity contribution in [2.45, 2.75) is 6.92 Å². The van der Waals surface area contributed by atoms with E-state index in [4.69, 9.17) is 17.5 Å². The average molecular weight is 288 g/mol. The summed E-state index contributed by atoms with van der Waals surface area (Å²) in [6, 6.07) is 8.47. The van der Waals surface area contributed by atoms with Gasteiger partial charge in [0.05, 0.1) is 23.9 Å². The Labute approximate surface area is 121 Å². The molecule has 0 saturated carbocycles. The van der Waals surface area contributed by atoms with Gasteiger partial charge in [-0.1, -0.05) is 0 Å². The number of carbonyl (C=O) groups is 1. The first-order valence-electron chi connectivity index (χ1n) is 5.77. The van der Waals surface area contributed by atoms with Crippen LogP contribution in [0.2, 0.25) is 0 Å². The van der Waals surface area contributed by atoms with E-state index < -0.39 is 0 Å². The lowest BCUT2D eigenvalue weighted by Crippen LogP contribution is -2.55. The molecule has 0 fully saturated rings. The Morgan fingerprint density at radius 3 is 2.85 bits per heavy atom. The number of nitrogens with zero attached hydrogens (tertiary/aromatic N) is 3. The van der Waals surface area contributed by atoms with Crippen LogP contribution in [-0.4, -0.2) is 28.4 Å². The SMILES string of the molecule is CC1=NNC(=O)N(NC(=S)Nc2ccc(C#N)cc2)C1. The van der Waals surface area contributed by atoms with Crippen molar-refractivity contribution in [3.8, 4) is 6.07 Å². The van der Waals surface area contributed by atoms with Crippen LogP contribution < -0.4 is 16.2 Å². The molecule has 0 aromatic heterocycles. The lowest BCUT2D eigenvalue weighted by Gasteiger charge is -2.27. The summed E-state index contributed by atoms with van der Waals surface area (Å²) in [5.74, 6) is 0. The fraction of sp³-hybridized carbons (Fsp3) is 0.167. The van der Waals surface area contributed by atoms with Gasteiger partial charge in [-0.25, -0.2) is 15.2 Å². The van der Waals surface area contributed by atoms with Gasteiger partial charge in [0.1, 0.15) is 0 Å². The number of hydrazone groups is 1. The van der Waals surface area contributed by atoms with Crippen molar-refractivity contribution in [2.75, 3.05) is 11.9 Å². The van der Waals surface area contributed by atoms with Gasteiger partial charge in [0.2, 0.25) is 0 Å². The van der Waals surface area contributed by atoms with Crippen LogP contribution in [0.15, 0.2) is 29.4 Å². The predicted molar refractivity (Wildman–Crippen MR) is 78.9 cm³/mol. The number of amides is 2. The minimum atomic E-state index is -0.375. The van der Waals surface area contributed by atoms with Gasteiger partial charge >= 0.3 is 6.03 Å². The van der Waals surface area contributed by atoms with Gasteiger partial charge in [-0.15, -0.1) is 0 Å². The lowest BCUT2D eigenvalue weighted by molar-refractivity contribution is 0.192. The predicted octanol–water partition coefficient (Wildman–Crippen LogP) is 1.16. The molecule has 20 heavy (non-hydrogen) atoms. The molecule has 7 nitrogen and oxygen atoms in total. The molecule has 8 heteroatoms. The Balaban J connectivity index is 1.93. The van der Waals surface area contributed by atoms with Crippen LogP contribution in [0, 0.1) is 11.3 Å². The van der Waals surface area contributed by atoms with Crippen molar-refractivity contribution in [1.29, 1.82) is 5.26 Å². The van der Waals surface area contributed by atoms with Crippen molar-refractivity contribution >= 4 is 34.8 Å². The molecular formula is C12H12N6OS. The highest BCUT2D eigenvalue weighted by Gasteiger charge is 2.19. The zero-order valence-corrected chi connectivity index (χ0v) is 11.5. The molecule has 0 saturated heterocycles. The molecule has 1 aliphatic rings. The van der Waals surface area contributed by atoms with E-state index in [9.17, 15) is 4.79 Å². The Hall–Kier alpha value is -2.66. The molecule has 1 aromatic carbocycles. The van der Waals surface area contributed by atoms with Crippen molar-refractivity contribution in [2.24, 2.45) is 5.10 Å². The highest BCUT2D eigenvalue weighted by molar-refractivity contribution is 7.80. The molecule has 0 atom stereocenters. The maximum Gasteiger partial charge on any atom is 0.356 e. The van der Waals surface area contributed by atoms with E-state index in [0.29, 0.717) is 12.1 Å². The number of benzene rings is 1. The minimum Gasteiger partial charge on any atom is -0.331 e. The van der Waals surface area contributed by atoms with E-state index in [1.54, 1.807) is 31.2 Å². The van der Waals surface area contributed by atoms with Crippen molar-refractivity contribution in [1.82, 2.24) is 15.9 Å². The number of anilines is 1. The average Bonchev–Trinajstić information content (AvgIpc) is 2.43. The molecule has 2 amide bonds. The van der Waals surface area contributed by atoms with Gasteiger partial charge in [-0.05, 0) is 43.4 Å². The van der Waals surface area contributed by atoms with Crippen molar-refractivity contribution in [3.63, 3.8) is 0 Å². The maximum atomic E-state index is 11.5. The topological polar surface area (TPSA) is 92.6 Å². The highest BCUT2D eigenvalue weighted by atomic mass is 32.1. The largest absolute Gasteiger partial charge is 0.356 e. The molecular weight excluding hydrogens is 276 g/mol. The normalized spacial score (nSPS) is 13.9. The Morgan fingerprint density at radius 2 is 2.20 bits per heavy atom. The minimum absolute atomic E-state index is 0.277. The smallest absolute Gasteiger partial charge is 0.331 e. The van der Waals surface area contributed by atoms with Gasteiger partial charge in [0, 0.05) is 5.69 Å². The van der Waals surface area contributed by atoms with Crippen LogP contribution in [-0.2, 0) is 0 Å². The number of rotatable bonds is 2. The van der Waals surface area contributed by atoms with Gasteiger partial charge in [-0.3, -0.25) is 5.43 Å². The molecule has 0 spiro atoms. The molecule has 0 bridgehead atoms. The second kappa shape index (κ2) is 5.99. The van der Waals surface area contributed by atoms with Crippen LogP contribution in [0.1, 0.15) is 12.5 Å². The molecule has 1 aliphatic heterocycles. The molecule has 1 aromatic rings. The zero-order valence-electron chi connectivity index (χ0n) is 10.7. The number of carbonyl (C=O) groups excluding carboxylic acids is 1. The third-order valence-corrected chi connectivity index (χ3v) is 2.68. The summed E-state index contributed by atoms with van der Waals surface area (Å²) in [7, 11) is 0. The second-order valence-electron chi connectivity index (χ2n) is 4.11. The second-order valence-corrected chi connectivity index (χ2v) is 4.51. The van der Waals surface area contributed by atoms with Crippen molar-refractivity contribution < 1.29 is 4.79 Å². The van der Waals surface area contributed by atoms with Crippen LogP contribution in [0.5, 0.6) is 0 Å². The first-order valence-corrected chi connectivity index (χ1v) is 6.18. The fourth-order valence-electron chi connectivity index (χ4n) is 1.54. The number of nitriles is 1. The number of urea groups is 1. The monoisotopic (exact) mass is 288 g/mol. The van der Waals surface area contributed by atoms with Crippen LogP contribution in [0.3, 0.4) is 0 Å². The molecule has 0 unspecified atom stereocenters.